The molecule has 2 aromatic rings. The van der Waals surface area contributed by atoms with Crippen LogP contribution in [0.15, 0.2) is 48.5 Å². The van der Waals surface area contributed by atoms with E-state index in [4.69, 9.17) is 21.1 Å². The van der Waals surface area contributed by atoms with Gasteiger partial charge < -0.3 is 14.6 Å². The normalized spacial score (nSPS) is 28.1. The third kappa shape index (κ3) is 4.61. The molecule has 4 rings (SSSR count). The second-order valence-electron chi connectivity index (χ2n) is 8.77. The molecule has 0 unspecified atom stereocenters. The van der Waals surface area contributed by atoms with Gasteiger partial charge in [0.25, 0.3) is 0 Å². The first-order chi connectivity index (χ1) is 14.0. The summed E-state index contributed by atoms with van der Waals surface area (Å²) in [4.78, 5) is 2.35. The number of nitrogens with zero attached hydrogens (tertiary/aromatic N) is 1. The van der Waals surface area contributed by atoms with Gasteiger partial charge in [-0.05, 0) is 42.0 Å². The van der Waals surface area contributed by atoms with Crippen LogP contribution in [0.2, 0.25) is 5.02 Å². The molecule has 1 N–H and O–H groups in total. The molecule has 2 aromatic carbocycles. The largest absolute Gasteiger partial charge is 0.508 e. The number of halogens is 1. The molecule has 0 radical (unpaired) electrons. The third-order valence-corrected chi connectivity index (χ3v) is 6.51. The van der Waals surface area contributed by atoms with Gasteiger partial charge in [-0.2, -0.15) is 0 Å². The summed E-state index contributed by atoms with van der Waals surface area (Å²) in [6.45, 7) is 8.10. The molecule has 1 spiro atoms. The summed E-state index contributed by atoms with van der Waals surface area (Å²) >= 11 is 6.13. The molecule has 2 aliphatic heterocycles. The first kappa shape index (κ1) is 20.7. The van der Waals surface area contributed by atoms with E-state index < -0.39 is 0 Å². The van der Waals surface area contributed by atoms with Gasteiger partial charge in [0.2, 0.25) is 0 Å². The zero-order chi connectivity index (χ0) is 20.4. The molecular weight excluding hydrogens is 386 g/mol. The standard InChI is InChI=1S/C24H30ClNO3/c1-17(2)21-13-24(16-28-23(21)18-6-4-3-5-7-18)15-26(10-11-29-24)14-19-12-20(25)8-9-22(19)27/h3-9,12,17,21,23,27H,10-11,13-16H2,1-2H3/t21-,23-,24-/m0/s1. The molecule has 2 saturated heterocycles. The smallest absolute Gasteiger partial charge is 0.120 e. The molecule has 5 heteroatoms. The van der Waals surface area contributed by atoms with E-state index in [9.17, 15) is 5.11 Å². The van der Waals surface area contributed by atoms with Gasteiger partial charge >= 0.3 is 0 Å². The number of benzene rings is 2. The summed E-state index contributed by atoms with van der Waals surface area (Å²) < 4.78 is 12.8. The topological polar surface area (TPSA) is 41.9 Å². The number of aromatic hydroxyl groups is 1. The zero-order valence-corrected chi connectivity index (χ0v) is 17.9. The maximum absolute atomic E-state index is 10.2. The van der Waals surface area contributed by atoms with Crippen LogP contribution in [0.5, 0.6) is 5.75 Å². The van der Waals surface area contributed by atoms with E-state index in [-0.39, 0.29) is 11.7 Å². The van der Waals surface area contributed by atoms with Gasteiger partial charge in [0.15, 0.2) is 0 Å². The van der Waals surface area contributed by atoms with Crippen molar-refractivity contribution in [1.82, 2.24) is 4.90 Å². The number of ether oxygens (including phenoxy) is 2. The van der Waals surface area contributed by atoms with Crippen LogP contribution in [0.1, 0.15) is 37.5 Å². The highest BCUT2D eigenvalue weighted by Crippen LogP contribution is 2.44. The van der Waals surface area contributed by atoms with Crippen molar-refractivity contribution in [2.45, 2.75) is 38.5 Å². The predicted molar refractivity (Wildman–Crippen MR) is 115 cm³/mol. The molecule has 2 fully saturated rings. The van der Waals surface area contributed by atoms with Gasteiger partial charge in [-0.15, -0.1) is 0 Å². The lowest BCUT2D eigenvalue weighted by atomic mass is 9.75. The zero-order valence-electron chi connectivity index (χ0n) is 17.2. The Morgan fingerprint density at radius 1 is 1.21 bits per heavy atom. The highest BCUT2D eigenvalue weighted by atomic mass is 35.5. The van der Waals surface area contributed by atoms with Crippen molar-refractivity contribution in [3.63, 3.8) is 0 Å². The monoisotopic (exact) mass is 415 g/mol. The average Bonchev–Trinajstić information content (AvgIpc) is 2.71. The van der Waals surface area contributed by atoms with Crippen molar-refractivity contribution in [1.29, 1.82) is 0 Å². The summed E-state index contributed by atoms with van der Waals surface area (Å²) in [5, 5.41) is 10.8. The van der Waals surface area contributed by atoms with Crippen molar-refractivity contribution in [2.24, 2.45) is 11.8 Å². The molecule has 2 heterocycles. The molecule has 0 aliphatic carbocycles. The number of phenols is 1. The Bertz CT molecular complexity index is 828. The summed E-state index contributed by atoms with van der Waals surface area (Å²) in [5.74, 6) is 1.18. The quantitative estimate of drug-likeness (QED) is 0.758. The van der Waals surface area contributed by atoms with Crippen molar-refractivity contribution in [3.05, 3.63) is 64.7 Å². The molecular formula is C24H30ClNO3. The van der Waals surface area contributed by atoms with Crippen molar-refractivity contribution in [2.75, 3.05) is 26.3 Å². The minimum atomic E-state index is -0.299. The highest BCUT2D eigenvalue weighted by molar-refractivity contribution is 6.30. The van der Waals surface area contributed by atoms with Gasteiger partial charge in [0.05, 0.1) is 19.3 Å². The predicted octanol–water partition coefficient (Wildman–Crippen LogP) is 5.05. The molecule has 0 bridgehead atoms. The van der Waals surface area contributed by atoms with Crippen LogP contribution < -0.4 is 0 Å². The summed E-state index contributed by atoms with van der Waals surface area (Å²) in [6, 6.07) is 15.8. The molecule has 29 heavy (non-hydrogen) atoms. The Morgan fingerprint density at radius 3 is 2.76 bits per heavy atom. The fourth-order valence-electron chi connectivity index (χ4n) is 4.72. The van der Waals surface area contributed by atoms with Gasteiger partial charge in [-0.25, -0.2) is 0 Å². The summed E-state index contributed by atoms with van der Waals surface area (Å²) in [5.41, 5.74) is 1.80. The van der Waals surface area contributed by atoms with E-state index >= 15 is 0 Å². The minimum absolute atomic E-state index is 0.109. The Labute approximate surface area is 178 Å². The lowest BCUT2D eigenvalue weighted by Gasteiger charge is -2.50. The molecule has 0 aromatic heterocycles. The van der Waals surface area contributed by atoms with E-state index in [1.54, 1.807) is 12.1 Å². The maximum atomic E-state index is 10.2. The SMILES string of the molecule is CC(C)[C@@H]1C[C@@]2(CO[C@H]1c1ccccc1)CN(Cc1cc(Cl)ccc1O)CCO2. The average molecular weight is 416 g/mol. The van der Waals surface area contributed by atoms with Crippen LogP contribution in [-0.2, 0) is 16.0 Å². The molecule has 2 aliphatic rings. The Balaban J connectivity index is 1.50. The highest BCUT2D eigenvalue weighted by Gasteiger charge is 2.46. The van der Waals surface area contributed by atoms with Gasteiger partial charge in [-0.1, -0.05) is 55.8 Å². The molecule has 0 amide bonds. The molecule has 0 saturated carbocycles. The number of rotatable bonds is 4. The van der Waals surface area contributed by atoms with Crippen LogP contribution in [0, 0.1) is 11.8 Å². The van der Waals surface area contributed by atoms with Crippen LogP contribution in [0.4, 0.5) is 0 Å². The maximum Gasteiger partial charge on any atom is 0.120 e. The fraction of sp³-hybridized carbons (Fsp3) is 0.500. The summed E-state index contributed by atoms with van der Waals surface area (Å²) in [6.07, 6.45) is 1.08. The number of hydrogen-bond acceptors (Lipinski definition) is 4. The number of hydrogen-bond donors (Lipinski definition) is 1. The van der Waals surface area contributed by atoms with E-state index in [0.717, 1.165) is 25.1 Å². The van der Waals surface area contributed by atoms with Crippen LogP contribution in [0.3, 0.4) is 0 Å². The van der Waals surface area contributed by atoms with Crippen molar-refractivity contribution < 1.29 is 14.6 Å². The van der Waals surface area contributed by atoms with E-state index in [1.165, 1.54) is 5.56 Å². The fourth-order valence-corrected chi connectivity index (χ4v) is 4.92. The molecule has 4 nitrogen and oxygen atoms in total. The van der Waals surface area contributed by atoms with E-state index in [1.807, 2.05) is 12.1 Å². The Morgan fingerprint density at radius 2 is 2.00 bits per heavy atom. The van der Waals surface area contributed by atoms with Crippen LogP contribution in [0.25, 0.3) is 0 Å². The number of phenolic OH excluding ortho intramolecular Hbond substituents is 1. The van der Waals surface area contributed by atoms with Crippen molar-refractivity contribution >= 4 is 11.6 Å². The van der Waals surface area contributed by atoms with E-state index in [2.05, 4.69) is 43.0 Å². The lowest BCUT2D eigenvalue weighted by Crippen LogP contribution is -2.58. The molecule has 3 atom stereocenters. The van der Waals surface area contributed by atoms with Crippen LogP contribution in [-0.4, -0.2) is 41.9 Å². The third-order valence-electron chi connectivity index (χ3n) is 6.27. The lowest BCUT2D eigenvalue weighted by molar-refractivity contribution is -0.211. The minimum Gasteiger partial charge on any atom is -0.508 e. The Hall–Kier alpha value is -1.59. The van der Waals surface area contributed by atoms with E-state index in [0.29, 0.717) is 42.4 Å². The van der Waals surface area contributed by atoms with Gasteiger partial charge in [0, 0.05) is 30.2 Å². The van der Waals surface area contributed by atoms with Gasteiger partial charge in [0.1, 0.15) is 11.4 Å². The first-order valence-corrected chi connectivity index (χ1v) is 10.8. The first-order valence-electron chi connectivity index (χ1n) is 10.5. The number of morpholine rings is 1. The molecule has 156 valence electrons. The summed E-state index contributed by atoms with van der Waals surface area (Å²) in [7, 11) is 0. The second kappa shape index (κ2) is 8.65. The van der Waals surface area contributed by atoms with Crippen LogP contribution >= 0.6 is 11.6 Å². The van der Waals surface area contributed by atoms with Gasteiger partial charge in [-0.3, -0.25) is 4.90 Å². The van der Waals surface area contributed by atoms with Crippen molar-refractivity contribution in [3.8, 4) is 5.75 Å². The Kier molecular flexibility index (Phi) is 6.16. The second-order valence-corrected chi connectivity index (χ2v) is 9.21.